The first kappa shape index (κ1) is 14.8. The summed E-state index contributed by atoms with van der Waals surface area (Å²) in [6.07, 6.45) is 0.394. The molecule has 1 saturated heterocycles. The number of hydrogen-bond acceptors (Lipinski definition) is 5. The Morgan fingerprint density at radius 3 is 3.00 bits per heavy atom. The predicted octanol–water partition coefficient (Wildman–Crippen LogP) is 0.622. The van der Waals surface area contributed by atoms with E-state index in [-0.39, 0.29) is 24.0 Å². The minimum Gasteiger partial charge on any atom is -0.497 e. The van der Waals surface area contributed by atoms with Gasteiger partial charge >= 0.3 is 0 Å². The first-order valence-corrected chi connectivity index (χ1v) is 8.80. The fraction of sp³-hybridized carbons (Fsp3) is 0.429. The molecule has 1 aliphatic rings. The van der Waals surface area contributed by atoms with Gasteiger partial charge in [0.15, 0.2) is 9.84 Å². The zero-order valence-corrected chi connectivity index (χ0v) is 12.9. The molecule has 0 aliphatic carbocycles. The standard InChI is InChI=1S/C14H17N3O4S/c1-21-10-2-3-11-12(6-10)17-13(16-11)7-15-14(18)9-4-5-22(19,20)8-9/h2-3,6,9H,4-5,7-8H2,1H3,(H,15,18)(H,16,17)/t9-/m1/s1. The van der Waals surface area contributed by atoms with E-state index in [1.807, 2.05) is 18.2 Å². The molecule has 0 saturated carbocycles. The van der Waals surface area contributed by atoms with Crippen molar-refractivity contribution in [3.8, 4) is 5.75 Å². The first-order chi connectivity index (χ1) is 10.5. The highest BCUT2D eigenvalue weighted by molar-refractivity contribution is 7.91. The van der Waals surface area contributed by atoms with Crippen molar-refractivity contribution >= 4 is 26.8 Å². The fourth-order valence-corrected chi connectivity index (χ4v) is 4.31. The molecule has 1 fully saturated rings. The molecule has 2 N–H and O–H groups in total. The molecule has 2 aromatic rings. The van der Waals surface area contributed by atoms with Crippen LogP contribution in [0.5, 0.6) is 5.75 Å². The summed E-state index contributed by atoms with van der Waals surface area (Å²) in [6, 6.07) is 5.48. The van der Waals surface area contributed by atoms with Crippen molar-refractivity contribution < 1.29 is 17.9 Å². The van der Waals surface area contributed by atoms with Crippen LogP contribution in [0.4, 0.5) is 0 Å². The molecular formula is C14H17N3O4S. The van der Waals surface area contributed by atoms with E-state index >= 15 is 0 Å². The number of hydrogen-bond donors (Lipinski definition) is 2. The minimum atomic E-state index is -3.05. The number of carbonyl (C=O) groups is 1. The molecule has 1 atom stereocenters. The lowest BCUT2D eigenvalue weighted by Crippen LogP contribution is -2.31. The second-order valence-electron chi connectivity index (χ2n) is 5.38. The van der Waals surface area contributed by atoms with E-state index in [0.29, 0.717) is 12.2 Å². The number of benzene rings is 1. The molecule has 1 amide bonds. The zero-order valence-electron chi connectivity index (χ0n) is 12.1. The average molecular weight is 323 g/mol. The van der Waals surface area contributed by atoms with Crippen LogP contribution in [0, 0.1) is 5.92 Å². The molecule has 2 heterocycles. The van der Waals surface area contributed by atoms with Crippen molar-refractivity contribution in [1.82, 2.24) is 15.3 Å². The van der Waals surface area contributed by atoms with E-state index in [4.69, 9.17) is 4.74 Å². The predicted molar refractivity (Wildman–Crippen MR) is 81.3 cm³/mol. The monoisotopic (exact) mass is 323 g/mol. The molecular weight excluding hydrogens is 306 g/mol. The molecule has 0 unspecified atom stereocenters. The number of nitrogens with one attached hydrogen (secondary N) is 2. The Balaban J connectivity index is 1.65. The van der Waals surface area contributed by atoms with E-state index in [1.54, 1.807) is 7.11 Å². The summed E-state index contributed by atoms with van der Waals surface area (Å²) in [7, 11) is -1.46. The molecule has 1 aliphatic heterocycles. The highest BCUT2D eigenvalue weighted by Gasteiger charge is 2.32. The summed E-state index contributed by atoms with van der Waals surface area (Å²) in [4.78, 5) is 19.5. The molecule has 8 heteroatoms. The molecule has 1 aromatic heterocycles. The molecule has 7 nitrogen and oxygen atoms in total. The summed E-state index contributed by atoms with van der Waals surface area (Å²) in [5, 5.41) is 2.74. The van der Waals surface area contributed by atoms with Gasteiger partial charge in [-0.05, 0) is 18.6 Å². The Hall–Kier alpha value is -2.09. The van der Waals surface area contributed by atoms with Crippen LogP contribution >= 0.6 is 0 Å². The number of rotatable bonds is 4. The maximum atomic E-state index is 12.0. The lowest BCUT2D eigenvalue weighted by atomic mass is 10.1. The van der Waals surface area contributed by atoms with Gasteiger partial charge in [-0.2, -0.15) is 0 Å². The van der Waals surface area contributed by atoms with Crippen molar-refractivity contribution in [3.05, 3.63) is 24.0 Å². The third-order valence-corrected chi connectivity index (χ3v) is 5.54. The number of amides is 1. The van der Waals surface area contributed by atoms with E-state index in [0.717, 1.165) is 16.8 Å². The number of H-pyrrole nitrogens is 1. The van der Waals surface area contributed by atoms with Gasteiger partial charge in [0, 0.05) is 6.07 Å². The topological polar surface area (TPSA) is 101 Å². The summed E-state index contributed by atoms with van der Waals surface area (Å²) in [5.74, 6) is 0.694. The largest absolute Gasteiger partial charge is 0.497 e. The highest BCUT2D eigenvalue weighted by Crippen LogP contribution is 2.20. The number of imidazole rings is 1. The number of aromatic nitrogens is 2. The van der Waals surface area contributed by atoms with E-state index in [9.17, 15) is 13.2 Å². The molecule has 0 radical (unpaired) electrons. The second-order valence-corrected chi connectivity index (χ2v) is 7.61. The van der Waals surface area contributed by atoms with Crippen LogP contribution in [0.2, 0.25) is 0 Å². The summed E-state index contributed by atoms with van der Waals surface area (Å²) >= 11 is 0. The van der Waals surface area contributed by atoms with E-state index in [2.05, 4.69) is 15.3 Å². The van der Waals surface area contributed by atoms with Crippen molar-refractivity contribution in [2.24, 2.45) is 5.92 Å². The van der Waals surface area contributed by atoms with Crippen LogP contribution in [0.3, 0.4) is 0 Å². The van der Waals surface area contributed by atoms with Gasteiger partial charge < -0.3 is 15.0 Å². The minimum absolute atomic E-state index is 0.0594. The lowest BCUT2D eigenvalue weighted by Gasteiger charge is -2.07. The Morgan fingerprint density at radius 1 is 1.50 bits per heavy atom. The van der Waals surface area contributed by atoms with Crippen molar-refractivity contribution in [2.45, 2.75) is 13.0 Å². The van der Waals surface area contributed by atoms with Gasteiger partial charge in [0.2, 0.25) is 5.91 Å². The van der Waals surface area contributed by atoms with Gasteiger partial charge in [-0.25, -0.2) is 13.4 Å². The number of carbonyl (C=O) groups excluding carboxylic acids is 1. The molecule has 0 bridgehead atoms. The third-order valence-electron chi connectivity index (χ3n) is 3.77. The zero-order chi connectivity index (χ0) is 15.7. The number of aromatic amines is 1. The first-order valence-electron chi connectivity index (χ1n) is 6.97. The Labute approximate surface area is 128 Å². The number of methoxy groups -OCH3 is 1. The number of ether oxygens (including phenoxy) is 1. The maximum Gasteiger partial charge on any atom is 0.224 e. The average Bonchev–Trinajstić information content (AvgIpc) is 3.06. The maximum absolute atomic E-state index is 12.0. The van der Waals surface area contributed by atoms with Gasteiger partial charge in [-0.1, -0.05) is 0 Å². The van der Waals surface area contributed by atoms with Crippen LogP contribution in [-0.2, 0) is 21.2 Å². The Bertz CT molecular complexity index is 813. The van der Waals surface area contributed by atoms with Gasteiger partial charge in [0.05, 0.1) is 42.1 Å². The van der Waals surface area contributed by atoms with Crippen LogP contribution < -0.4 is 10.1 Å². The van der Waals surface area contributed by atoms with Gasteiger partial charge in [-0.15, -0.1) is 0 Å². The number of fused-ring (bicyclic) bond motifs is 1. The molecule has 0 spiro atoms. The molecule has 22 heavy (non-hydrogen) atoms. The highest BCUT2D eigenvalue weighted by atomic mass is 32.2. The van der Waals surface area contributed by atoms with Crippen LogP contribution in [0.15, 0.2) is 18.2 Å². The van der Waals surface area contributed by atoms with Gasteiger partial charge in [0.1, 0.15) is 11.6 Å². The summed E-state index contributed by atoms with van der Waals surface area (Å²) < 4.78 is 27.9. The van der Waals surface area contributed by atoms with E-state index < -0.39 is 15.8 Å². The molecule has 1 aromatic carbocycles. The third kappa shape index (κ3) is 3.06. The SMILES string of the molecule is COc1ccc2nc(CNC(=O)[C@@H]3CCS(=O)(=O)C3)[nH]c2c1. The number of nitrogens with zero attached hydrogens (tertiary/aromatic N) is 1. The van der Waals surface area contributed by atoms with Crippen molar-refractivity contribution in [2.75, 3.05) is 18.6 Å². The summed E-state index contributed by atoms with van der Waals surface area (Å²) in [5.41, 5.74) is 1.61. The Morgan fingerprint density at radius 2 is 2.32 bits per heavy atom. The molecule has 3 rings (SSSR count). The molecule has 118 valence electrons. The number of sulfone groups is 1. The normalized spacial score (nSPS) is 20.1. The van der Waals surface area contributed by atoms with Crippen LogP contribution in [-0.4, -0.2) is 42.9 Å². The van der Waals surface area contributed by atoms with Crippen LogP contribution in [0.1, 0.15) is 12.2 Å². The van der Waals surface area contributed by atoms with Gasteiger partial charge in [0.25, 0.3) is 0 Å². The van der Waals surface area contributed by atoms with Crippen molar-refractivity contribution in [1.29, 1.82) is 0 Å². The van der Waals surface area contributed by atoms with Gasteiger partial charge in [-0.3, -0.25) is 4.79 Å². The lowest BCUT2D eigenvalue weighted by molar-refractivity contribution is -0.124. The smallest absolute Gasteiger partial charge is 0.224 e. The quantitative estimate of drug-likeness (QED) is 0.859. The fourth-order valence-electron chi connectivity index (χ4n) is 2.57. The summed E-state index contributed by atoms with van der Waals surface area (Å²) in [6.45, 7) is 0.242. The van der Waals surface area contributed by atoms with Crippen LogP contribution in [0.25, 0.3) is 11.0 Å². The van der Waals surface area contributed by atoms with E-state index in [1.165, 1.54) is 0 Å². The van der Waals surface area contributed by atoms with Crippen molar-refractivity contribution in [3.63, 3.8) is 0 Å². The Kier molecular flexibility index (Phi) is 3.78. The second kappa shape index (κ2) is 5.60.